The maximum Gasteiger partial charge on any atom is 0.231 e. The molecule has 32 heavy (non-hydrogen) atoms. The number of aliphatic hydroxyl groups is 1. The fourth-order valence-corrected chi connectivity index (χ4v) is 3.89. The number of benzene rings is 2. The van der Waals surface area contributed by atoms with Crippen LogP contribution in [0.2, 0.25) is 0 Å². The maximum atomic E-state index is 10.3. The lowest BCUT2D eigenvalue weighted by atomic mass is 9.84. The second kappa shape index (κ2) is 11.1. The molecule has 1 saturated heterocycles. The van der Waals surface area contributed by atoms with Crippen molar-refractivity contribution in [2.45, 2.75) is 26.1 Å². The van der Waals surface area contributed by atoms with Crippen molar-refractivity contribution in [3.05, 3.63) is 47.5 Å². The number of ether oxygens (including phenoxy) is 5. The van der Waals surface area contributed by atoms with E-state index >= 15 is 0 Å². The maximum absolute atomic E-state index is 10.3. The molecule has 3 atom stereocenters. The van der Waals surface area contributed by atoms with Gasteiger partial charge >= 0.3 is 0 Å². The summed E-state index contributed by atoms with van der Waals surface area (Å²) < 4.78 is 27.2. The number of nitrogens with zero attached hydrogens (tertiary/aromatic N) is 1. The van der Waals surface area contributed by atoms with E-state index in [1.165, 1.54) is 0 Å². The molecular weight excluding hydrogens is 434 g/mol. The zero-order valence-corrected chi connectivity index (χ0v) is 19.6. The lowest BCUT2D eigenvalue weighted by molar-refractivity contribution is -0.0820. The second-order valence-corrected chi connectivity index (χ2v) is 8.33. The van der Waals surface area contributed by atoms with Crippen molar-refractivity contribution in [3.63, 3.8) is 0 Å². The molecule has 7 nitrogen and oxygen atoms in total. The van der Waals surface area contributed by atoms with E-state index in [0.717, 1.165) is 53.5 Å². The first-order chi connectivity index (χ1) is 15.0. The highest BCUT2D eigenvalue weighted by atomic mass is 35.5. The number of halogens is 1. The van der Waals surface area contributed by atoms with Crippen LogP contribution in [0.5, 0.6) is 23.0 Å². The van der Waals surface area contributed by atoms with E-state index in [1.54, 1.807) is 0 Å². The van der Waals surface area contributed by atoms with Crippen molar-refractivity contribution >= 4 is 12.4 Å². The van der Waals surface area contributed by atoms with E-state index in [4.69, 9.17) is 23.7 Å². The molecule has 2 aromatic carbocycles. The van der Waals surface area contributed by atoms with Gasteiger partial charge in [-0.3, -0.25) is 0 Å². The number of rotatable bonds is 5. The lowest BCUT2D eigenvalue weighted by Gasteiger charge is -2.20. The van der Waals surface area contributed by atoms with Gasteiger partial charge in [0.2, 0.25) is 13.6 Å². The van der Waals surface area contributed by atoms with Crippen LogP contribution in [-0.2, 0) is 17.6 Å². The molecule has 3 heterocycles. The minimum absolute atomic E-state index is 0. The Morgan fingerprint density at radius 3 is 1.88 bits per heavy atom. The van der Waals surface area contributed by atoms with Gasteiger partial charge in [0.1, 0.15) is 0 Å². The molecule has 3 unspecified atom stereocenters. The topological polar surface area (TPSA) is 69.6 Å². The molecule has 0 amide bonds. The van der Waals surface area contributed by atoms with Crippen LogP contribution < -0.4 is 18.9 Å². The zero-order chi connectivity index (χ0) is 21.8. The molecule has 0 aliphatic carbocycles. The molecule has 1 N–H and O–H groups in total. The van der Waals surface area contributed by atoms with Crippen LogP contribution >= 0.6 is 12.4 Å². The van der Waals surface area contributed by atoms with Gasteiger partial charge in [-0.1, -0.05) is 19.1 Å². The highest BCUT2D eigenvalue weighted by molar-refractivity contribution is 5.85. The first-order valence-electron chi connectivity index (χ1n) is 10.7. The smallest absolute Gasteiger partial charge is 0.231 e. The quantitative estimate of drug-likeness (QED) is 0.724. The third kappa shape index (κ3) is 5.78. The number of aliphatic hydroxyl groups excluding tert-OH is 1. The molecule has 0 radical (unpaired) electrons. The number of fused-ring (bicyclic) bond motifs is 2. The normalized spacial score (nSPS) is 22.3. The van der Waals surface area contributed by atoms with Crippen LogP contribution in [0, 0.1) is 11.8 Å². The molecule has 0 aromatic heterocycles. The van der Waals surface area contributed by atoms with Gasteiger partial charge in [-0.25, -0.2) is 0 Å². The Balaban J connectivity index is 0.000000438. The van der Waals surface area contributed by atoms with Crippen molar-refractivity contribution in [2.24, 2.45) is 11.8 Å². The van der Waals surface area contributed by atoms with Crippen LogP contribution in [-0.4, -0.2) is 57.1 Å². The van der Waals surface area contributed by atoms with E-state index in [-0.39, 0.29) is 37.8 Å². The molecule has 0 spiro atoms. The molecule has 5 rings (SSSR count). The standard InChI is InChI=1S/C20H20O6.C4H11N.ClH/c21-20-15(6-13-2-4-17-19(8-13)26-11-24-17)14(9-22-20)5-12-1-3-16-18(7-12)25-10-23-16;1-4-5(2)3;/h1-4,7-8,14-15,20-21H,5-6,9-11H2;4H2,1-3H3;1H. The Morgan fingerprint density at radius 2 is 1.34 bits per heavy atom. The summed E-state index contributed by atoms with van der Waals surface area (Å²) in [6.45, 7) is 4.35. The Bertz CT molecular complexity index is 893. The number of hydrogen-bond donors (Lipinski definition) is 1. The van der Waals surface area contributed by atoms with Crippen LogP contribution in [0.25, 0.3) is 0 Å². The largest absolute Gasteiger partial charge is 0.454 e. The second-order valence-electron chi connectivity index (χ2n) is 8.33. The molecular formula is C24H32ClNO6. The van der Waals surface area contributed by atoms with E-state index in [9.17, 15) is 5.11 Å². The Hall–Kier alpha value is -2.19. The number of hydrogen-bond acceptors (Lipinski definition) is 7. The SMILES string of the molecule is CCN(C)C.Cl.OC1OCC(Cc2ccc3c(c2)OCO3)C1Cc1ccc2c(c1)OCO2. The summed E-state index contributed by atoms with van der Waals surface area (Å²) in [5, 5.41) is 10.3. The van der Waals surface area contributed by atoms with Gasteiger partial charge in [-0.05, 0) is 74.8 Å². The summed E-state index contributed by atoms with van der Waals surface area (Å²) in [6.07, 6.45) is 0.801. The minimum Gasteiger partial charge on any atom is -0.454 e. The molecule has 1 fully saturated rings. The fourth-order valence-electron chi connectivity index (χ4n) is 3.89. The third-order valence-corrected chi connectivity index (χ3v) is 5.93. The summed E-state index contributed by atoms with van der Waals surface area (Å²) in [5.41, 5.74) is 2.27. The van der Waals surface area contributed by atoms with Crippen LogP contribution in [0.15, 0.2) is 36.4 Å². The van der Waals surface area contributed by atoms with Crippen LogP contribution in [0.3, 0.4) is 0 Å². The predicted octanol–water partition coefficient (Wildman–Crippen LogP) is 3.50. The van der Waals surface area contributed by atoms with Gasteiger partial charge in [0.25, 0.3) is 0 Å². The molecule has 0 saturated carbocycles. The van der Waals surface area contributed by atoms with E-state index in [0.29, 0.717) is 6.61 Å². The van der Waals surface area contributed by atoms with E-state index in [2.05, 4.69) is 32.0 Å². The van der Waals surface area contributed by atoms with E-state index < -0.39 is 6.29 Å². The molecule has 3 aliphatic rings. The summed E-state index contributed by atoms with van der Waals surface area (Å²) in [7, 11) is 4.11. The minimum atomic E-state index is -0.751. The Morgan fingerprint density at radius 1 is 0.844 bits per heavy atom. The van der Waals surface area contributed by atoms with Gasteiger partial charge in [0, 0.05) is 5.92 Å². The molecule has 176 valence electrons. The van der Waals surface area contributed by atoms with Crippen molar-refractivity contribution in [1.29, 1.82) is 0 Å². The zero-order valence-electron chi connectivity index (χ0n) is 18.8. The predicted molar refractivity (Wildman–Crippen MR) is 123 cm³/mol. The highest BCUT2D eigenvalue weighted by Crippen LogP contribution is 2.38. The van der Waals surface area contributed by atoms with Gasteiger partial charge in [0.15, 0.2) is 29.3 Å². The third-order valence-electron chi connectivity index (χ3n) is 5.93. The summed E-state index contributed by atoms with van der Waals surface area (Å²) in [5.74, 6) is 3.37. The average Bonchev–Trinajstić information content (AvgIpc) is 3.50. The molecule has 8 heteroatoms. The van der Waals surface area contributed by atoms with Gasteiger partial charge < -0.3 is 33.7 Å². The monoisotopic (exact) mass is 465 g/mol. The van der Waals surface area contributed by atoms with Crippen molar-refractivity contribution in [3.8, 4) is 23.0 Å². The van der Waals surface area contributed by atoms with Gasteiger partial charge in [-0.15, -0.1) is 12.4 Å². The molecule has 3 aliphatic heterocycles. The average molecular weight is 466 g/mol. The van der Waals surface area contributed by atoms with E-state index in [1.807, 2.05) is 30.3 Å². The van der Waals surface area contributed by atoms with Gasteiger partial charge in [0.05, 0.1) is 6.61 Å². The molecule has 2 aromatic rings. The van der Waals surface area contributed by atoms with Gasteiger partial charge in [-0.2, -0.15) is 0 Å². The fraction of sp³-hybridized carbons (Fsp3) is 0.500. The van der Waals surface area contributed by atoms with Crippen molar-refractivity contribution < 1.29 is 28.8 Å². The summed E-state index contributed by atoms with van der Waals surface area (Å²) in [4.78, 5) is 2.12. The Kier molecular flexibility index (Phi) is 8.48. The van der Waals surface area contributed by atoms with Crippen LogP contribution in [0.4, 0.5) is 0 Å². The first-order valence-corrected chi connectivity index (χ1v) is 10.7. The van der Waals surface area contributed by atoms with Crippen LogP contribution in [0.1, 0.15) is 18.1 Å². The molecule has 0 bridgehead atoms. The highest BCUT2D eigenvalue weighted by Gasteiger charge is 2.36. The summed E-state index contributed by atoms with van der Waals surface area (Å²) >= 11 is 0. The Labute approximate surface area is 195 Å². The lowest BCUT2D eigenvalue weighted by Crippen LogP contribution is -2.24. The first kappa shape index (κ1) is 24.5. The van der Waals surface area contributed by atoms with Crippen molar-refractivity contribution in [2.75, 3.05) is 40.8 Å². The summed E-state index contributed by atoms with van der Waals surface area (Å²) in [6, 6.07) is 11.9. The van der Waals surface area contributed by atoms with Crippen molar-refractivity contribution in [1.82, 2.24) is 4.90 Å².